The number of rotatable bonds is 11. The van der Waals surface area contributed by atoms with Crippen molar-refractivity contribution in [2.75, 3.05) is 12.9 Å². The van der Waals surface area contributed by atoms with Crippen molar-refractivity contribution in [2.45, 2.75) is 104 Å². The molecule has 0 spiro atoms. The standard InChI is InChI=1S/C33H47NO8SSi2/c1-12-45(13-2,14-3)42-33-21-18-16-15-17-19-26(41-44(9,10)11)28(25(33)20-22-43-24(4)35)29(34-30(36)38-8)27(23-33)39-31(37)40-32(5,6)7/h15-16,20,23,26H,12-14,22H2,1-11H3,(H,34,36)/b16-15-,25-20+/t26-,33-/m1/s1. The van der Waals surface area contributed by atoms with E-state index in [0.29, 0.717) is 11.1 Å². The molecular weight excluding hydrogens is 627 g/mol. The zero-order chi connectivity index (χ0) is 34.1. The van der Waals surface area contributed by atoms with Gasteiger partial charge in [-0.05, 0) is 70.7 Å². The first-order chi connectivity index (χ1) is 20.9. The van der Waals surface area contributed by atoms with Crippen molar-refractivity contribution in [1.29, 1.82) is 0 Å². The van der Waals surface area contributed by atoms with E-state index in [9.17, 15) is 14.4 Å². The second-order valence-electron chi connectivity index (χ2n) is 12.5. The van der Waals surface area contributed by atoms with Crippen LogP contribution < -0.4 is 5.32 Å². The van der Waals surface area contributed by atoms with Crippen LogP contribution in [0.2, 0.25) is 37.8 Å². The first-order valence-electron chi connectivity index (χ1n) is 15.1. The average molecular weight is 674 g/mol. The molecule has 0 aromatic rings. The fourth-order valence-electron chi connectivity index (χ4n) is 4.69. The predicted octanol–water partition coefficient (Wildman–Crippen LogP) is 7.21. The minimum Gasteiger partial charge on any atom is -0.453 e. The topological polar surface area (TPSA) is 109 Å². The summed E-state index contributed by atoms with van der Waals surface area (Å²) in [4.78, 5) is 38.1. The van der Waals surface area contributed by atoms with Crippen molar-refractivity contribution in [2.24, 2.45) is 0 Å². The molecule has 0 aliphatic heterocycles. The summed E-state index contributed by atoms with van der Waals surface area (Å²) in [7, 11) is -3.54. The number of nitrogens with one attached hydrogen (secondary N) is 1. The Balaban J connectivity index is 3.17. The van der Waals surface area contributed by atoms with E-state index in [-0.39, 0.29) is 22.3 Å². The highest BCUT2D eigenvalue weighted by Crippen LogP contribution is 2.45. The summed E-state index contributed by atoms with van der Waals surface area (Å²) >= 11 is 1.12. The molecule has 1 N–H and O–H groups in total. The Morgan fingerprint density at radius 3 is 2.22 bits per heavy atom. The van der Waals surface area contributed by atoms with Crippen LogP contribution in [-0.2, 0) is 27.9 Å². The number of alkyl carbamates (subject to hydrolysis) is 1. The third kappa shape index (κ3) is 11.1. The lowest BCUT2D eigenvalue weighted by Crippen LogP contribution is -2.50. The van der Waals surface area contributed by atoms with E-state index in [2.05, 4.69) is 49.8 Å². The van der Waals surface area contributed by atoms with Crippen molar-refractivity contribution in [3.63, 3.8) is 0 Å². The smallest absolute Gasteiger partial charge is 0.453 e. The lowest BCUT2D eigenvalue weighted by atomic mass is 9.79. The number of carbonyl (C=O) groups is 3. The van der Waals surface area contributed by atoms with Gasteiger partial charge >= 0.3 is 12.2 Å². The van der Waals surface area contributed by atoms with E-state index in [1.807, 2.05) is 25.7 Å². The van der Waals surface area contributed by atoms with Gasteiger partial charge in [-0.1, -0.05) is 62.3 Å². The third-order valence-electron chi connectivity index (χ3n) is 6.88. The number of thioether (sulfide) groups is 1. The van der Waals surface area contributed by atoms with Crippen LogP contribution in [0.3, 0.4) is 0 Å². The molecular formula is C33H47NO8SSi2. The van der Waals surface area contributed by atoms with Crippen LogP contribution in [0.5, 0.6) is 0 Å². The summed E-state index contributed by atoms with van der Waals surface area (Å²) in [5, 5.41) is 2.69. The van der Waals surface area contributed by atoms with Gasteiger partial charge in [0.25, 0.3) is 0 Å². The van der Waals surface area contributed by atoms with Crippen molar-refractivity contribution in [3.05, 3.63) is 46.9 Å². The maximum atomic E-state index is 13.2. The van der Waals surface area contributed by atoms with Gasteiger partial charge in [-0.15, -0.1) is 0 Å². The molecule has 1 amide bonds. The molecule has 2 rings (SSSR count). The molecule has 0 radical (unpaired) electrons. The van der Waals surface area contributed by atoms with E-state index in [1.54, 1.807) is 39.0 Å². The Morgan fingerprint density at radius 1 is 1.07 bits per heavy atom. The molecule has 0 unspecified atom stereocenters. The number of hydrogen-bond donors (Lipinski definition) is 1. The second-order valence-corrected chi connectivity index (χ2v) is 22.8. The van der Waals surface area contributed by atoms with Crippen LogP contribution in [0.4, 0.5) is 9.59 Å². The van der Waals surface area contributed by atoms with Crippen molar-refractivity contribution in [1.82, 2.24) is 5.32 Å². The van der Waals surface area contributed by atoms with Gasteiger partial charge in [0.1, 0.15) is 11.7 Å². The molecule has 0 aromatic carbocycles. The molecule has 0 saturated heterocycles. The summed E-state index contributed by atoms with van der Waals surface area (Å²) in [6.45, 7) is 19.0. The zero-order valence-electron chi connectivity index (χ0n) is 28.4. The number of methoxy groups -OCH3 is 1. The molecule has 2 atom stereocenters. The Kier molecular flexibility index (Phi) is 13.6. The Morgan fingerprint density at radius 2 is 1.69 bits per heavy atom. The quantitative estimate of drug-likeness (QED) is 0.138. The van der Waals surface area contributed by atoms with Gasteiger partial charge < -0.3 is 23.1 Å². The fraction of sp³-hybridized carbons (Fsp3) is 0.545. The van der Waals surface area contributed by atoms with Crippen LogP contribution in [0.1, 0.15) is 48.5 Å². The van der Waals surface area contributed by atoms with E-state index in [4.69, 9.17) is 23.1 Å². The number of amides is 1. The minimum absolute atomic E-state index is 0.0444. The van der Waals surface area contributed by atoms with Gasteiger partial charge in [-0.3, -0.25) is 10.1 Å². The maximum absolute atomic E-state index is 13.2. The van der Waals surface area contributed by atoms with Gasteiger partial charge in [-0.25, -0.2) is 9.59 Å². The number of hydrogen-bond acceptors (Lipinski definition) is 9. The summed E-state index contributed by atoms with van der Waals surface area (Å²) < 4.78 is 30.3. The third-order valence-corrected chi connectivity index (χ3v) is 13.2. The van der Waals surface area contributed by atoms with Gasteiger partial charge in [0, 0.05) is 29.9 Å². The van der Waals surface area contributed by atoms with Gasteiger partial charge in [-0.2, -0.15) is 0 Å². The highest BCUT2D eigenvalue weighted by Gasteiger charge is 2.49. The Labute approximate surface area is 274 Å². The molecule has 2 aliphatic carbocycles. The van der Waals surface area contributed by atoms with Crippen LogP contribution in [0.15, 0.2) is 46.9 Å². The Bertz CT molecular complexity index is 1380. The highest BCUT2D eigenvalue weighted by atomic mass is 32.2. The van der Waals surface area contributed by atoms with Crippen LogP contribution >= 0.6 is 11.8 Å². The molecule has 0 aromatic heterocycles. The van der Waals surface area contributed by atoms with E-state index < -0.39 is 46.2 Å². The molecule has 12 heteroatoms. The molecule has 0 fully saturated rings. The average Bonchev–Trinajstić information content (AvgIpc) is 2.93. The van der Waals surface area contributed by atoms with Gasteiger partial charge in [0.05, 0.1) is 12.8 Å². The molecule has 246 valence electrons. The minimum atomic E-state index is -2.46. The number of fused-ring (bicyclic) bond motifs is 2. The van der Waals surface area contributed by atoms with Crippen LogP contribution in [-0.4, -0.2) is 64.2 Å². The SMILES string of the molecule is CC[Si](CC)(CC)O[C@]12C#C/C=C\C#C[C@@H](O[Si](C)(C)C)C(=C(NC(=O)OC)C(OC(=O)OC(C)(C)C)=C1)/C2=C\CSC(C)=O. The Hall–Kier alpha value is -3.01. The number of carbonyl (C=O) groups excluding carboxylic acids is 3. The highest BCUT2D eigenvalue weighted by molar-refractivity contribution is 8.13. The van der Waals surface area contributed by atoms with E-state index >= 15 is 0 Å². The summed E-state index contributed by atoms with van der Waals surface area (Å²) in [6, 6.07) is 2.39. The summed E-state index contributed by atoms with van der Waals surface area (Å²) in [5.74, 6) is 12.8. The molecule has 45 heavy (non-hydrogen) atoms. The predicted molar refractivity (Wildman–Crippen MR) is 183 cm³/mol. The summed E-state index contributed by atoms with van der Waals surface area (Å²) in [5.41, 5.74) is -1.26. The fourth-order valence-corrected chi connectivity index (χ4v) is 8.90. The first kappa shape index (κ1) is 38.2. The molecule has 0 saturated carbocycles. The maximum Gasteiger partial charge on any atom is 0.514 e. The number of ether oxygens (including phenoxy) is 3. The van der Waals surface area contributed by atoms with Crippen molar-refractivity contribution >= 4 is 45.8 Å². The van der Waals surface area contributed by atoms with E-state index in [0.717, 1.165) is 29.9 Å². The monoisotopic (exact) mass is 673 g/mol. The van der Waals surface area contributed by atoms with Crippen LogP contribution in [0.25, 0.3) is 0 Å². The lowest BCUT2D eigenvalue weighted by molar-refractivity contribution is -0.109. The zero-order valence-corrected chi connectivity index (χ0v) is 31.2. The van der Waals surface area contributed by atoms with Crippen molar-refractivity contribution < 1.29 is 37.4 Å². The first-order valence-corrected chi connectivity index (χ1v) is 22.0. The van der Waals surface area contributed by atoms with Gasteiger partial charge in [0.2, 0.25) is 0 Å². The molecule has 2 aliphatic rings. The van der Waals surface area contributed by atoms with Gasteiger partial charge in [0.15, 0.2) is 33.1 Å². The van der Waals surface area contributed by atoms with Crippen molar-refractivity contribution in [3.8, 4) is 23.7 Å². The van der Waals surface area contributed by atoms with E-state index in [1.165, 1.54) is 14.0 Å². The second kappa shape index (κ2) is 16.0. The summed E-state index contributed by atoms with van der Waals surface area (Å²) in [6.07, 6.45) is 4.06. The molecule has 0 heterocycles. The molecule has 9 nitrogen and oxygen atoms in total. The lowest BCUT2D eigenvalue weighted by Gasteiger charge is -2.44. The molecule has 2 bridgehead atoms. The number of allylic oxidation sites excluding steroid dienone is 2. The largest absolute Gasteiger partial charge is 0.514 e. The normalized spacial score (nSPS) is 21.4. The van der Waals surface area contributed by atoms with Crippen LogP contribution in [0, 0.1) is 23.7 Å².